The molecule has 1 aliphatic heterocycles. The second kappa shape index (κ2) is 3.63. The molecule has 1 atom stereocenters. The van der Waals surface area contributed by atoms with Gasteiger partial charge < -0.3 is 9.30 Å². The van der Waals surface area contributed by atoms with Gasteiger partial charge in [-0.05, 0) is 25.1 Å². The van der Waals surface area contributed by atoms with Crippen LogP contribution < -0.4 is 4.74 Å². The van der Waals surface area contributed by atoms with E-state index in [9.17, 15) is 0 Å². The summed E-state index contributed by atoms with van der Waals surface area (Å²) in [6.07, 6.45) is 3.99. The van der Waals surface area contributed by atoms with E-state index in [1.54, 1.807) is 0 Å². The Balaban J connectivity index is 2.25. The van der Waals surface area contributed by atoms with Crippen molar-refractivity contribution in [3.05, 3.63) is 35.1 Å². The van der Waals surface area contributed by atoms with E-state index in [-0.39, 0.29) is 6.10 Å². The molecule has 0 N–H and O–H groups in total. The maximum absolute atomic E-state index is 5.87. The van der Waals surface area contributed by atoms with Gasteiger partial charge in [-0.3, -0.25) is 0 Å². The zero-order valence-electron chi connectivity index (χ0n) is 8.85. The molecule has 0 spiro atoms. The van der Waals surface area contributed by atoms with Crippen molar-refractivity contribution < 1.29 is 4.74 Å². The number of hydrogen-bond acceptors (Lipinski definition) is 2. The third-order valence-corrected chi connectivity index (χ3v) is 3.17. The Morgan fingerprint density at radius 2 is 2.38 bits per heavy atom. The highest BCUT2D eigenvalue weighted by Gasteiger charge is 2.19. The second-order valence-electron chi connectivity index (χ2n) is 3.97. The van der Waals surface area contributed by atoms with Gasteiger partial charge in [0.25, 0.3) is 0 Å². The van der Waals surface area contributed by atoms with Crippen LogP contribution in [-0.2, 0) is 6.54 Å². The van der Waals surface area contributed by atoms with Crippen LogP contribution in [0.15, 0.2) is 35.1 Å². The first-order valence-corrected chi connectivity index (χ1v) is 6.01. The van der Waals surface area contributed by atoms with E-state index in [2.05, 4.69) is 32.4 Å². The fraction of sp³-hybridized carbons (Fsp3) is 0.250. The summed E-state index contributed by atoms with van der Waals surface area (Å²) in [6, 6.07) is 6.02. The Morgan fingerprint density at radius 3 is 3.25 bits per heavy atom. The van der Waals surface area contributed by atoms with Crippen LogP contribution in [0.5, 0.6) is 5.75 Å². The molecule has 0 aliphatic carbocycles. The van der Waals surface area contributed by atoms with Gasteiger partial charge in [-0.2, -0.15) is 0 Å². The van der Waals surface area contributed by atoms with Crippen molar-refractivity contribution in [1.82, 2.24) is 9.55 Å². The summed E-state index contributed by atoms with van der Waals surface area (Å²) >= 11 is 3.48. The Kier molecular flexibility index (Phi) is 2.24. The molecule has 1 aliphatic rings. The van der Waals surface area contributed by atoms with E-state index >= 15 is 0 Å². The molecular weight excluding hydrogens is 268 g/mol. The molecule has 3 rings (SSSR count). The first-order valence-electron chi connectivity index (χ1n) is 5.22. The minimum atomic E-state index is 0.162. The molecule has 82 valence electrons. The standard InChI is InChI=1S/C12H11BrN2O/c1-8-7-15-5-4-14-12(15)10-6-9(13)2-3-11(10)16-8/h2-6,8H,7H2,1H3. The molecule has 2 aromatic rings. The monoisotopic (exact) mass is 278 g/mol. The highest BCUT2D eigenvalue weighted by molar-refractivity contribution is 9.10. The molecule has 0 saturated heterocycles. The molecule has 0 radical (unpaired) electrons. The Bertz CT molecular complexity index is 536. The summed E-state index contributed by atoms with van der Waals surface area (Å²) in [5, 5.41) is 0. The van der Waals surface area contributed by atoms with Crippen molar-refractivity contribution in [2.45, 2.75) is 19.6 Å². The van der Waals surface area contributed by atoms with Crippen LogP contribution in [-0.4, -0.2) is 15.7 Å². The van der Waals surface area contributed by atoms with Crippen LogP contribution in [0.25, 0.3) is 11.4 Å². The van der Waals surface area contributed by atoms with E-state index in [1.165, 1.54) is 0 Å². The molecule has 0 bridgehead atoms. The van der Waals surface area contributed by atoms with Crippen LogP contribution in [0.3, 0.4) is 0 Å². The summed E-state index contributed by atoms with van der Waals surface area (Å²) in [5.74, 6) is 1.88. The Morgan fingerprint density at radius 1 is 1.50 bits per heavy atom. The van der Waals surface area contributed by atoms with Crippen LogP contribution in [0.4, 0.5) is 0 Å². The minimum absolute atomic E-state index is 0.162. The van der Waals surface area contributed by atoms with Crippen LogP contribution in [0, 0.1) is 0 Å². The lowest BCUT2D eigenvalue weighted by atomic mass is 10.2. The highest BCUT2D eigenvalue weighted by atomic mass is 79.9. The molecule has 2 heterocycles. The lowest BCUT2D eigenvalue weighted by Crippen LogP contribution is -2.16. The summed E-state index contributed by atoms with van der Waals surface area (Å²) < 4.78 is 9.04. The molecule has 0 amide bonds. The first kappa shape index (κ1) is 9.90. The Labute approximate surface area is 102 Å². The number of hydrogen-bond donors (Lipinski definition) is 0. The molecular formula is C12H11BrN2O. The maximum atomic E-state index is 5.87. The van der Waals surface area contributed by atoms with Gasteiger partial charge in [-0.25, -0.2) is 4.98 Å². The zero-order valence-corrected chi connectivity index (χ0v) is 10.4. The predicted octanol–water partition coefficient (Wildman–Crippen LogP) is 3.09. The molecule has 3 nitrogen and oxygen atoms in total. The lowest BCUT2D eigenvalue weighted by molar-refractivity contribution is 0.206. The van der Waals surface area contributed by atoms with Gasteiger partial charge in [0.2, 0.25) is 0 Å². The SMILES string of the molecule is CC1Cn2ccnc2-c2cc(Br)ccc2O1. The molecule has 1 unspecified atom stereocenters. The van der Waals surface area contributed by atoms with E-state index in [4.69, 9.17) is 4.74 Å². The van der Waals surface area contributed by atoms with Crippen LogP contribution in [0.1, 0.15) is 6.92 Å². The first-order chi connectivity index (χ1) is 7.74. The summed E-state index contributed by atoms with van der Waals surface area (Å²) in [4.78, 5) is 4.40. The average molecular weight is 279 g/mol. The van der Waals surface area contributed by atoms with Crippen LogP contribution >= 0.6 is 15.9 Å². The molecule has 0 saturated carbocycles. The second-order valence-corrected chi connectivity index (χ2v) is 4.89. The van der Waals surface area contributed by atoms with Crippen molar-refractivity contribution in [2.75, 3.05) is 0 Å². The topological polar surface area (TPSA) is 27.1 Å². The number of rotatable bonds is 0. The minimum Gasteiger partial charge on any atom is -0.488 e. The van der Waals surface area contributed by atoms with Gasteiger partial charge in [-0.1, -0.05) is 15.9 Å². The number of nitrogens with zero attached hydrogens (tertiary/aromatic N) is 2. The fourth-order valence-electron chi connectivity index (χ4n) is 2.01. The van der Waals surface area contributed by atoms with Gasteiger partial charge in [0.1, 0.15) is 17.7 Å². The molecule has 1 aromatic carbocycles. The van der Waals surface area contributed by atoms with Crippen molar-refractivity contribution in [2.24, 2.45) is 0 Å². The largest absolute Gasteiger partial charge is 0.488 e. The third-order valence-electron chi connectivity index (χ3n) is 2.68. The lowest BCUT2D eigenvalue weighted by Gasteiger charge is -2.12. The molecule has 1 aromatic heterocycles. The number of imidazole rings is 1. The zero-order chi connectivity index (χ0) is 11.1. The van der Waals surface area contributed by atoms with E-state index in [0.29, 0.717) is 0 Å². The van der Waals surface area contributed by atoms with Crippen molar-refractivity contribution in [1.29, 1.82) is 0 Å². The fourth-order valence-corrected chi connectivity index (χ4v) is 2.37. The summed E-state index contributed by atoms with van der Waals surface area (Å²) in [7, 11) is 0. The number of fused-ring (bicyclic) bond motifs is 3. The van der Waals surface area contributed by atoms with E-state index in [0.717, 1.165) is 28.2 Å². The van der Waals surface area contributed by atoms with E-state index in [1.807, 2.05) is 30.6 Å². The number of benzene rings is 1. The maximum Gasteiger partial charge on any atom is 0.143 e. The summed E-state index contributed by atoms with van der Waals surface area (Å²) in [5.41, 5.74) is 1.05. The van der Waals surface area contributed by atoms with Gasteiger partial charge in [-0.15, -0.1) is 0 Å². The number of halogens is 1. The van der Waals surface area contributed by atoms with Crippen molar-refractivity contribution >= 4 is 15.9 Å². The third kappa shape index (κ3) is 1.53. The highest BCUT2D eigenvalue weighted by Crippen LogP contribution is 2.34. The average Bonchev–Trinajstić information content (AvgIpc) is 2.64. The quantitative estimate of drug-likeness (QED) is 0.741. The molecule has 4 heteroatoms. The molecule has 0 fully saturated rings. The Hall–Kier alpha value is -1.29. The molecule has 16 heavy (non-hydrogen) atoms. The normalized spacial score (nSPS) is 18.2. The number of ether oxygens (including phenoxy) is 1. The van der Waals surface area contributed by atoms with Crippen molar-refractivity contribution in [3.8, 4) is 17.1 Å². The van der Waals surface area contributed by atoms with E-state index < -0.39 is 0 Å². The van der Waals surface area contributed by atoms with Gasteiger partial charge in [0, 0.05) is 16.9 Å². The smallest absolute Gasteiger partial charge is 0.143 e. The van der Waals surface area contributed by atoms with Crippen molar-refractivity contribution in [3.63, 3.8) is 0 Å². The van der Waals surface area contributed by atoms with Crippen LogP contribution in [0.2, 0.25) is 0 Å². The number of aromatic nitrogens is 2. The predicted molar refractivity (Wildman–Crippen MR) is 65.5 cm³/mol. The van der Waals surface area contributed by atoms with Gasteiger partial charge in [0.05, 0.1) is 12.1 Å². The van der Waals surface area contributed by atoms with Gasteiger partial charge >= 0.3 is 0 Å². The summed E-state index contributed by atoms with van der Waals surface area (Å²) in [6.45, 7) is 2.91. The van der Waals surface area contributed by atoms with Gasteiger partial charge in [0.15, 0.2) is 0 Å².